The number of aliphatic hydroxyl groups is 1. The molecule has 1 heterocycles. The lowest BCUT2D eigenvalue weighted by molar-refractivity contribution is -0.196. The molecule has 1 amide bonds. The summed E-state index contributed by atoms with van der Waals surface area (Å²) < 4.78 is 5.62. The molecule has 0 saturated heterocycles. The van der Waals surface area contributed by atoms with Crippen LogP contribution in [0.2, 0.25) is 0 Å². The van der Waals surface area contributed by atoms with Crippen molar-refractivity contribution in [2.45, 2.75) is 67.6 Å². The van der Waals surface area contributed by atoms with Crippen LogP contribution in [-0.4, -0.2) is 41.0 Å². The molecule has 5 nitrogen and oxygen atoms in total. The van der Waals surface area contributed by atoms with Gasteiger partial charge in [-0.2, -0.15) is 0 Å². The molecule has 29 heavy (non-hydrogen) atoms. The van der Waals surface area contributed by atoms with Gasteiger partial charge in [-0.15, -0.1) is 11.8 Å². The number of thioether (sulfide) groups is 1. The molecule has 4 aliphatic carbocycles. The molecule has 1 aromatic rings. The number of benzene rings is 1. The van der Waals surface area contributed by atoms with Gasteiger partial charge in [-0.05, 0) is 68.9 Å². The van der Waals surface area contributed by atoms with Crippen molar-refractivity contribution in [1.82, 2.24) is 0 Å². The van der Waals surface area contributed by atoms with Crippen molar-refractivity contribution in [3.05, 3.63) is 24.3 Å². The second-order valence-electron chi connectivity index (χ2n) is 9.77. The van der Waals surface area contributed by atoms with Crippen LogP contribution in [0, 0.1) is 17.3 Å². The zero-order valence-corrected chi connectivity index (χ0v) is 17.7. The topological polar surface area (TPSA) is 66.8 Å². The zero-order chi connectivity index (χ0) is 20.2. The monoisotopic (exact) mass is 415 g/mol. The van der Waals surface area contributed by atoms with Gasteiger partial charge in [0.15, 0.2) is 6.61 Å². The molecule has 1 aliphatic heterocycles. The maximum atomic E-state index is 13.1. The Bertz CT molecular complexity index is 826. The van der Waals surface area contributed by atoms with E-state index in [9.17, 15) is 14.7 Å². The van der Waals surface area contributed by atoms with Crippen molar-refractivity contribution in [2.75, 3.05) is 18.1 Å². The summed E-state index contributed by atoms with van der Waals surface area (Å²) >= 11 is 1.79. The van der Waals surface area contributed by atoms with Crippen molar-refractivity contribution in [3.8, 4) is 0 Å². The fourth-order valence-corrected chi connectivity index (χ4v) is 7.67. The SMILES string of the molecule is C[C@H]1CCN(C(=O)COC(=O)C23C[C@@H]4C[C@@H](CC(O)(C4)C2)C3)c2ccccc2S1. The van der Waals surface area contributed by atoms with Crippen molar-refractivity contribution < 1.29 is 19.4 Å². The van der Waals surface area contributed by atoms with Gasteiger partial charge in [-0.1, -0.05) is 19.1 Å². The minimum Gasteiger partial charge on any atom is -0.455 e. The molecule has 0 aromatic heterocycles. The van der Waals surface area contributed by atoms with Crippen molar-refractivity contribution in [3.63, 3.8) is 0 Å². The van der Waals surface area contributed by atoms with Crippen LogP contribution in [0.4, 0.5) is 5.69 Å². The number of hydrogen-bond acceptors (Lipinski definition) is 5. The van der Waals surface area contributed by atoms with Gasteiger partial charge in [0, 0.05) is 16.7 Å². The highest BCUT2D eigenvalue weighted by molar-refractivity contribution is 8.00. The van der Waals surface area contributed by atoms with Gasteiger partial charge in [-0.25, -0.2) is 0 Å². The van der Waals surface area contributed by atoms with Crippen LogP contribution in [0.3, 0.4) is 0 Å². The smallest absolute Gasteiger partial charge is 0.312 e. The Kier molecular flexibility index (Phi) is 4.70. The van der Waals surface area contributed by atoms with Crippen molar-refractivity contribution in [2.24, 2.45) is 17.3 Å². The minimum absolute atomic E-state index is 0.163. The van der Waals surface area contributed by atoms with Crippen LogP contribution < -0.4 is 4.90 Å². The molecule has 0 spiro atoms. The fraction of sp³-hybridized carbons (Fsp3) is 0.652. The molecular formula is C23H29NO4S. The first-order valence-electron chi connectivity index (χ1n) is 10.8. The maximum Gasteiger partial charge on any atom is 0.312 e. The number of esters is 1. The average Bonchev–Trinajstić information content (AvgIpc) is 2.82. The van der Waals surface area contributed by atoms with E-state index in [0.717, 1.165) is 49.1 Å². The van der Waals surface area contributed by atoms with E-state index < -0.39 is 11.0 Å². The minimum atomic E-state index is -0.704. The highest BCUT2D eigenvalue weighted by Gasteiger charge is 2.61. The standard InChI is InChI=1S/C23H29NO4S/c1-15-6-7-24(18-4-2-3-5-19(18)29-15)20(25)13-28-21(26)22-9-16-8-17(10-22)12-23(27,11-16)14-22/h2-5,15-17,27H,6-14H2,1H3/t15-,16-,17+,22?,23?/m0/s1. The predicted octanol–water partition coefficient (Wildman–Crippen LogP) is 3.78. The third-order valence-corrected chi connectivity index (χ3v) is 8.57. The van der Waals surface area contributed by atoms with Crippen LogP contribution in [0.1, 0.15) is 51.9 Å². The zero-order valence-electron chi connectivity index (χ0n) is 16.9. The highest BCUT2D eigenvalue weighted by atomic mass is 32.2. The van der Waals surface area contributed by atoms with Gasteiger partial charge in [0.05, 0.1) is 16.7 Å². The molecule has 0 radical (unpaired) electrons. The number of amides is 1. The Balaban J connectivity index is 1.28. The predicted molar refractivity (Wildman–Crippen MR) is 112 cm³/mol. The van der Waals surface area contributed by atoms with Crippen molar-refractivity contribution >= 4 is 29.3 Å². The second-order valence-corrected chi connectivity index (χ2v) is 11.3. The number of carbonyl (C=O) groups excluding carboxylic acids is 2. The molecule has 6 rings (SSSR count). The highest BCUT2D eigenvalue weighted by Crippen LogP contribution is 2.62. The number of fused-ring (bicyclic) bond motifs is 1. The van der Waals surface area contributed by atoms with Gasteiger partial charge >= 0.3 is 5.97 Å². The van der Waals surface area contributed by atoms with Gasteiger partial charge in [-0.3, -0.25) is 9.59 Å². The summed E-state index contributed by atoms with van der Waals surface area (Å²) in [4.78, 5) is 29.0. The first-order chi connectivity index (χ1) is 13.9. The van der Waals surface area contributed by atoms with E-state index in [0.29, 0.717) is 30.1 Å². The van der Waals surface area contributed by atoms with Crippen LogP contribution in [0.15, 0.2) is 29.2 Å². The first-order valence-corrected chi connectivity index (χ1v) is 11.7. The Morgan fingerprint density at radius 1 is 1.21 bits per heavy atom. The Labute approximate surface area is 176 Å². The molecule has 4 fully saturated rings. The van der Waals surface area contributed by atoms with E-state index in [4.69, 9.17) is 4.74 Å². The lowest BCUT2D eigenvalue weighted by Gasteiger charge is -2.58. The number of anilines is 1. The van der Waals surface area contributed by atoms with Crippen LogP contribution in [-0.2, 0) is 14.3 Å². The largest absolute Gasteiger partial charge is 0.455 e. The van der Waals surface area contributed by atoms with E-state index >= 15 is 0 Å². The van der Waals surface area contributed by atoms with Gasteiger partial charge in [0.25, 0.3) is 5.91 Å². The van der Waals surface area contributed by atoms with Crippen LogP contribution in [0.25, 0.3) is 0 Å². The Morgan fingerprint density at radius 2 is 1.93 bits per heavy atom. The summed E-state index contributed by atoms with van der Waals surface area (Å²) in [5.74, 6) is 0.397. The molecule has 4 bridgehead atoms. The fourth-order valence-electron chi connectivity index (χ4n) is 6.56. The second kappa shape index (κ2) is 7.02. The lowest BCUT2D eigenvalue weighted by Crippen LogP contribution is -2.58. The molecular weight excluding hydrogens is 386 g/mol. The summed E-state index contributed by atoms with van der Waals surface area (Å²) in [6.45, 7) is 2.59. The molecule has 4 saturated carbocycles. The molecule has 5 aliphatic rings. The number of hydrogen-bond donors (Lipinski definition) is 1. The summed E-state index contributed by atoms with van der Waals surface area (Å²) in [5, 5.41) is 11.3. The molecule has 2 unspecified atom stereocenters. The van der Waals surface area contributed by atoms with E-state index in [1.807, 2.05) is 24.3 Å². The van der Waals surface area contributed by atoms with Gasteiger partial charge in [0.2, 0.25) is 0 Å². The number of carbonyl (C=O) groups is 2. The summed E-state index contributed by atoms with van der Waals surface area (Å²) in [5.41, 5.74) is -0.378. The van der Waals surface area contributed by atoms with Crippen LogP contribution >= 0.6 is 11.8 Å². The Morgan fingerprint density at radius 3 is 2.66 bits per heavy atom. The van der Waals surface area contributed by atoms with Gasteiger partial charge < -0.3 is 14.7 Å². The van der Waals surface area contributed by atoms with Crippen LogP contribution in [0.5, 0.6) is 0 Å². The summed E-state index contributed by atoms with van der Waals surface area (Å²) in [7, 11) is 0. The molecule has 1 N–H and O–H groups in total. The van der Waals surface area contributed by atoms with Crippen molar-refractivity contribution in [1.29, 1.82) is 0 Å². The third kappa shape index (κ3) is 3.48. The number of nitrogens with zero attached hydrogens (tertiary/aromatic N) is 1. The number of rotatable bonds is 3. The molecule has 156 valence electrons. The molecule has 6 heteroatoms. The van der Waals surface area contributed by atoms with E-state index in [1.54, 1.807) is 16.7 Å². The third-order valence-electron chi connectivity index (χ3n) is 7.33. The molecule has 5 atom stereocenters. The maximum absolute atomic E-state index is 13.1. The van der Waals surface area contributed by atoms with E-state index in [-0.39, 0.29) is 18.5 Å². The average molecular weight is 416 g/mol. The first kappa shape index (κ1) is 19.4. The quantitative estimate of drug-likeness (QED) is 0.761. The summed E-state index contributed by atoms with van der Waals surface area (Å²) in [6.07, 6.45) is 5.77. The number of para-hydroxylation sites is 1. The Hall–Kier alpha value is -1.53. The number of ether oxygens (including phenoxy) is 1. The van der Waals surface area contributed by atoms with Gasteiger partial charge in [0.1, 0.15) is 0 Å². The normalized spacial score (nSPS) is 37.7. The van der Waals surface area contributed by atoms with E-state index in [2.05, 4.69) is 6.92 Å². The molecule has 1 aromatic carbocycles. The lowest BCUT2D eigenvalue weighted by atomic mass is 9.48. The van der Waals surface area contributed by atoms with E-state index in [1.165, 1.54) is 0 Å². The summed E-state index contributed by atoms with van der Waals surface area (Å²) in [6, 6.07) is 7.95.